The van der Waals surface area contributed by atoms with Crippen LogP contribution in [0.25, 0.3) is 0 Å². The van der Waals surface area contributed by atoms with Gasteiger partial charge in [0, 0.05) is 19.3 Å². The first kappa shape index (κ1) is 36.8. The molecule has 1 saturated carbocycles. The third-order valence-electron chi connectivity index (χ3n) is 7.92. The fraction of sp³-hybridized carbons (Fsp3) is 0.875. The lowest BCUT2D eigenvalue weighted by atomic mass is 9.94. The molecule has 1 heterocycles. The highest BCUT2D eigenvalue weighted by molar-refractivity contribution is 6.93. The van der Waals surface area contributed by atoms with E-state index in [4.69, 9.17) is 21.2 Å². The maximum Gasteiger partial charge on any atom is 0.389 e. The van der Waals surface area contributed by atoms with E-state index in [0.29, 0.717) is 12.3 Å². The Hall–Kier alpha value is -0.712. The Labute approximate surface area is 249 Å². The fourth-order valence-corrected chi connectivity index (χ4v) is 29.2. The van der Waals surface area contributed by atoms with Crippen LogP contribution < -0.4 is 0 Å². The third kappa shape index (κ3) is 11.9. The van der Waals surface area contributed by atoms with E-state index < -0.39 is 90.2 Å². The number of hydrogen-bond acceptors (Lipinski definition) is 6. The van der Waals surface area contributed by atoms with Crippen molar-refractivity contribution in [1.82, 2.24) is 0 Å². The molecule has 2 fully saturated rings. The lowest BCUT2D eigenvalue weighted by Crippen LogP contribution is -2.67. The molecule has 6 nitrogen and oxygen atoms in total. The maximum absolute atomic E-state index is 13.3. The van der Waals surface area contributed by atoms with Gasteiger partial charge in [-0.05, 0) is 81.5 Å². The molecular formula is C24H39F9O6Si4. The van der Waals surface area contributed by atoms with Gasteiger partial charge in [0.1, 0.15) is 0 Å². The molecule has 19 heteroatoms. The summed E-state index contributed by atoms with van der Waals surface area (Å²) in [6.07, 6.45) is -12.1. The van der Waals surface area contributed by atoms with Crippen molar-refractivity contribution in [3.05, 3.63) is 12.2 Å². The Morgan fingerprint density at radius 1 is 0.674 bits per heavy atom. The molecule has 3 aliphatic rings. The number of carbonyl (C=O) groups is 1. The number of ether oxygens (including phenoxy) is 1. The van der Waals surface area contributed by atoms with E-state index >= 15 is 0 Å². The van der Waals surface area contributed by atoms with Gasteiger partial charge in [-0.1, -0.05) is 12.2 Å². The topological polar surface area (TPSA) is 63.2 Å². The van der Waals surface area contributed by atoms with Gasteiger partial charge in [-0.3, -0.25) is 4.79 Å². The standard InChI is InChI=1S/C24H39F9O6Si4/c1-40(12-5-11-35-21(34)20-17-18-6-7-19(20)16-18)36-41(2,13-8-22(25,26)27)38-43(4,15-10-24(31,32)33)39-42(3,37-40)14-9-23(28,29)30/h6-7,18-20H,5,8-17H2,1-4H3. The highest BCUT2D eigenvalue weighted by Crippen LogP contribution is 2.44. The molecule has 0 amide bonds. The predicted molar refractivity (Wildman–Crippen MR) is 146 cm³/mol. The minimum atomic E-state index is -4.66. The molecule has 2 aliphatic carbocycles. The minimum absolute atomic E-state index is 0.0354. The molecule has 0 N–H and O–H groups in total. The van der Waals surface area contributed by atoms with Crippen molar-refractivity contribution in [1.29, 1.82) is 0 Å². The smallest absolute Gasteiger partial charge is 0.389 e. The molecule has 0 aromatic heterocycles. The van der Waals surface area contributed by atoms with Gasteiger partial charge in [-0.2, -0.15) is 39.5 Å². The van der Waals surface area contributed by atoms with Gasteiger partial charge in [0.05, 0.1) is 12.5 Å². The molecule has 0 spiro atoms. The highest BCUT2D eigenvalue weighted by atomic mass is 28.5. The molecule has 3 rings (SSSR count). The number of fused-ring (bicyclic) bond motifs is 2. The van der Waals surface area contributed by atoms with Crippen molar-refractivity contribution in [2.24, 2.45) is 17.8 Å². The summed E-state index contributed by atoms with van der Waals surface area (Å²) in [7, 11) is -15.7. The van der Waals surface area contributed by atoms with E-state index in [1.807, 2.05) is 6.08 Å². The van der Waals surface area contributed by atoms with Crippen LogP contribution in [0.3, 0.4) is 0 Å². The van der Waals surface area contributed by atoms with Gasteiger partial charge in [0.15, 0.2) is 0 Å². The zero-order valence-electron chi connectivity index (χ0n) is 24.5. The normalized spacial score (nSPS) is 36.9. The molecule has 0 aromatic carbocycles. The van der Waals surface area contributed by atoms with E-state index in [1.54, 1.807) is 0 Å². The third-order valence-corrected chi connectivity index (χ3v) is 26.5. The summed E-state index contributed by atoms with van der Waals surface area (Å²) >= 11 is 0. The number of esters is 1. The van der Waals surface area contributed by atoms with Crippen LogP contribution >= 0.6 is 0 Å². The minimum Gasteiger partial charge on any atom is -0.465 e. The Bertz CT molecular complexity index is 975. The zero-order valence-corrected chi connectivity index (χ0v) is 28.5. The summed E-state index contributed by atoms with van der Waals surface area (Å²) in [4.78, 5) is 12.6. The number of allylic oxidation sites excluding steroid dienone is 2. The summed E-state index contributed by atoms with van der Waals surface area (Å²) < 4.78 is 149. The van der Waals surface area contributed by atoms with Gasteiger partial charge in [-0.25, -0.2) is 0 Å². The summed E-state index contributed by atoms with van der Waals surface area (Å²) in [5.74, 6) is -0.161. The summed E-state index contributed by atoms with van der Waals surface area (Å²) in [6.45, 7) is 5.25. The molecule has 0 aromatic rings. The number of alkyl halides is 9. The van der Waals surface area contributed by atoms with Gasteiger partial charge >= 0.3 is 58.7 Å². The van der Waals surface area contributed by atoms with E-state index in [-0.39, 0.29) is 36.9 Å². The van der Waals surface area contributed by atoms with Crippen molar-refractivity contribution >= 4 is 40.2 Å². The molecule has 5 unspecified atom stereocenters. The van der Waals surface area contributed by atoms with Crippen LogP contribution in [0.2, 0.25) is 50.4 Å². The second-order valence-corrected chi connectivity index (χ2v) is 26.8. The van der Waals surface area contributed by atoms with Crippen LogP contribution in [0.4, 0.5) is 39.5 Å². The summed E-state index contributed by atoms with van der Waals surface area (Å²) in [5.41, 5.74) is 0. The Kier molecular flexibility index (Phi) is 11.3. The second-order valence-electron chi connectivity index (χ2n) is 12.4. The summed E-state index contributed by atoms with van der Waals surface area (Å²) in [6, 6.07) is -2.02. The average molecular weight is 707 g/mol. The van der Waals surface area contributed by atoms with Crippen molar-refractivity contribution < 1.29 is 65.5 Å². The zero-order chi connectivity index (χ0) is 32.5. The van der Waals surface area contributed by atoms with E-state index in [1.165, 1.54) is 26.2 Å². The molecule has 5 atom stereocenters. The van der Waals surface area contributed by atoms with Crippen molar-refractivity contribution in [3.8, 4) is 0 Å². The molecule has 0 radical (unpaired) electrons. The van der Waals surface area contributed by atoms with Crippen LogP contribution in [0, 0.1) is 17.8 Å². The maximum atomic E-state index is 13.3. The lowest BCUT2D eigenvalue weighted by Gasteiger charge is -2.50. The first-order chi connectivity index (χ1) is 19.4. The molecule has 2 bridgehead atoms. The summed E-state index contributed by atoms with van der Waals surface area (Å²) in [5, 5.41) is 0. The Morgan fingerprint density at radius 2 is 1.07 bits per heavy atom. The SMILES string of the molecule is C[Si]1(CCCOC(=O)C2CC3C=CC2C3)O[Si](C)(CCC(F)(F)F)O[Si](C)(CCC(F)(F)F)O[Si](C)(CCC(F)(F)F)O1. The monoisotopic (exact) mass is 706 g/mol. The van der Waals surface area contributed by atoms with E-state index in [9.17, 15) is 44.3 Å². The number of carbonyl (C=O) groups excluding carboxylic acids is 1. The van der Waals surface area contributed by atoms with Crippen LogP contribution in [0.1, 0.15) is 38.5 Å². The number of hydrogen-bond donors (Lipinski definition) is 0. The Balaban J connectivity index is 1.81. The quantitative estimate of drug-likeness (QED) is 0.0708. The van der Waals surface area contributed by atoms with Gasteiger partial charge in [0.25, 0.3) is 0 Å². The van der Waals surface area contributed by atoms with Gasteiger partial charge < -0.3 is 21.2 Å². The van der Waals surface area contributed by atoms with Crippen LogP contribution in [-0.2, 0) is 26.0 Å². The van der Waals surface area contributed by atoms with Crippen LogP contribution in [0.15, 0.2) is 12.2 Å². The number of rotatable bonds is 11. The molecule has 1 saturated heterocycles. The predicted octanol–water partition coefficient (Wildman–Crippen LogP) is 8.36. The van der Waals surface area contributed by atoms with E-state index in [0.717, 1.165) is 6.42 Å². The Morgan fingerprint density at radius 3 is 1.40 bits per heavy atom. The highest BCUT2D eigenvalue weighted by Gasteiger charge is 2.58. The fourth-order valence-electron chi connectivity index (χ4n) is 6.15. The lowest BCUT2D eigenvalue weighted by molar-refractivity contribution is -0.149. The average Bonchev–Trinajstić information content (AvgIpc) is 3.45. The molecule has 250 valence electrons. The molecule has 43 heavy (non-hydrogen) atoms. The van der Waals surface area contributed by atoms with E-state index in [2.05, 4.69) is 6.08 Å². The van der Waals surface area contributed by atoms with Gasteiger partial charge in [-0.15, -0.1) is 0 Å². The van der Waals surface area contributed by atoms with Crippen molar-refractivity contribution in [3.63, 3.8) is 0 Å². The van der Waals surface area contributed by atoms with Crippen molar-refractivity contribution in [2.45, 2.75) is 107 Å². The van der Waals surface area contributed by atoms with Crippen molar-refractivity contribution in [2.75, 3.05) is 6.61 Å². The first-order valence-electron chi connectivity index (χ1n) is 14.3. The molecule has 1 aliphatic heterocycles. The first-order valence-corrected chi connectivity index (χ1v) is 24.4. The number of halogens is 9. The van der Waals surface area contributed by atoms with Gasteiger partial charge in [0.2, 0.25) is 0 Å². The van der Waals surface area contributed by atoms with Crippen LogP contribution in [-0.4, -0.2) is 65.3 Å². The second kappa shape index (κ2) is 13.2. The van der Waals surface area contributed by atoms with Crippen LogP contribution in [0.5, 0.6) is 0 Å². The largest absolute Gasteiger partial charge is 0.465 e. The molecular weight excluding hydrogens is 668 g/mol.